The van der Waals surface area contributed by atoms with E-state index in [1.165, 1.54) is 5.56 Å². The van der Waals surface area contributed by atoms with Crippen LogP contribution >= 0.6 is 0 Å². The number of carbonyl (C=O) groups excluding carboxylic acids is 1. The van der Waals surface area contributed by atoms with Crippen molar-refractivity contribution in [3.8, 4) is 0 Å². The molecule has 109 valence electrons. The second-order valence-corrected chi connectivity index (χ2v) is 3.21. The Bertz CT molecular complexity index is 300. The summed E-state index contributed by atoms with van der Waals surface area (Å²) in [5.74, 6) is -0.343. The predicted molar refractivity (Wildman–Crippen MR) is 78.6 cm³/mol. The monoisotopic (exact) mass is 343 g/mol. The molecule has 0 aliphatic rings. The molecule has 0 saturated heterocycles. The van der Waals surface area contributed by atoms with Gasteiger partial charge in [-0.15, -0.1) is 0 Å². The van der Waals surface area contributed by atoms with Gasteiger partial charge < -0.3 is 7.43 Å². The molecule has 0 heterocycles. The van der Waals surface area contributed by atoms with Crippen molar-refractivity contribution in [3.05, 3.63) is 42.8 Å². The summed E-state index contributed by atoms with van der Waals surface area (Å²) in [6, 6.07) is 8.16. The molecule has 0 aliphatic heterocycles. The first-order valence-corrected chi connectivity index (χ1v) is 5.77. The van der Waals surface area contributed by atoms with Gasteiger partial charge in [-0.2, -0.15) is 0 Å². The van der Waals surface area contributed by atoms with Gasteiger partial charge in [0.25, 0.3) is 0 Å². The number of nitrogens with one attached hydrogen (secondary N) is 1. The fourth-order valence-electron chi connectivity index (χ4n) is 1.26. The Morgan fingerprint density at radius 1 is 1.16 bits per heavy atom. The van der Waals surface area contributed by atoms with Gasteiger partial charge in [0.2, 0.25) is 5.91 Å². The van der Waals surface area contributed by atoms with Crippen LogP contribution in [0.2, 0.25) is 0 Å². The van der Waals surface area contributed by atoms with Gasteiger partial charge in [-0.1, -0.05) is 52.5 Å². The zero-order valence-corrected chi connectivity index (χ0v) is 14.7. The molecule has 3 nitrogen and oxygen atoms in total. The predicted octanol–water partition coefficient (Wildman–Crippen LogP) is 3.80. The Morgan fingerprint density at radius 2 is 1.58 bits per heavy atom. The average Bonchev–Trinajstić information content (AvgIpc) is 2.38. The van der Waals surface area contributed by atoms with Gasteiger partial charge in [0.05, 0.1) is 0 Å². The molecule has 1 aromatic rings. The number of aryl methyl sites for hydroxylation is 2. The molecule has 2 N–H and O–H groups in total. The number of amides is 1. The zero-order valence-electron chi connectivity index (χ0n) is 11.9. The summed E-state index contributed by atoms with van der Waals surface area (Å²) in [6.07, 6.45) is 2.01. The van der Waals surface area contributed by atoms with Gasteiger partial charge in [-0.05, 0) is 24.0 Å². The molecule has 4 heteroatoms. The number of rotatable bonds is 4. The standard InChI is InChI=1S/C11H15NO2.C2H6.CH4.CH3.Y/c1-2-9-3-5-10(6-4-9)7-8-11(13)12-14;1-2;;;/h3-6,14H,2,7-8H2,1H3,(H,12,13);1-2H3;1H4;1H3;/q;;;-1;. The van der Waals surface area contributed by atoms with Crippen LogP contribution in [0, 0.1) is 7.43 Å². The van der Waals surface area contributed by atoms with Crippen molar-refractivity contribution in [2.75, 3.05) is 0 Å². The molecule has 1 rings (SSSR count). The van der Waals surface area contributed by atoms with Crippen molar-refractivity contribution in [3.63, 3.8) is 0 Å². The van der Waals surface area contributed by atoms with E-state index in [1.807, 2.05) is 26.0 Å². The summed E-state index contributed by atoms with van der Waals surface area (Å²) in [5.41, 5.74) is 4.03. The normalized spacial score (nSPS) is 7.58. The molecule has 0 aliphatic carbocycles. The quantitative estimate of drug-likeness (QED) is 0.496. The van der Waals surface area contributed by atoms with Gasteiger partial charge >= 0.3 is 0 Å². The summed E-state index contributed by atoms with van der Waals surface area (Å²) in [6.45, 7) is 6.11. The van der Waals surface area contributed by atoms with E-state index in [0.29, 0.717) is 12.8 Å². The third-order valence-electron chi connectivity index (χ3n) is 2.20. The molecule has 0 fully saturated rings. The SMILES string of the molecule is C.CC.CCc1ccc(CCC(=O)NO)cc1.[CH3-].[Y]. The van der Waals surface area contributed by atoms with Gasteiger partial charge in [-0.3, -0.25) is 10.0 Å². The van der Waals surface area contributed by atoms with Crippen LogP contribution in [0.4, 0.5) is 0 Å². The van der Waals surface area contributed by atoms with E-state index < -0.39 is 0 Å². The molecule has 0 unspecified atom stereocenters. The first-order valence-electron chi connectivity index (χ1n) is 5.77. The van der Waals surface area contributed by atoms with Crippen LogP contribution in [0.3, 0.4) is 0 Å². The molecule has 1 amide bonds. The van der Waals surface area contributed by atoms with Gasteiger partial charge in [0, 0.05) is 39.1 Å². The van der Waals surface area contributed by atoms with Crippen LogP contribution in [0.25, 0.3) is 0 Å². The maximum Gasteiger partial charge on any atom is 0.243 e. The van der Waals surface area contributed by atoms with Gasteiger partial charge in [0.15, 0.2) is 0 Å². The Labute approximate surface area is 144 Å². The fourth-order valence-corrected chi connectivity index (χ4v) is 1.26. The van der Waals surface area contributed by atoms with Crippen molar-refractivity contribution in [2.45, 2.75) is 47.5 Å². The van der Waals surface area contributed by atoms with Crippen LogP contribution in [0.15, 0.2) is 24.3 Å². The van der Waals surface area contributed by atoms with Gasteiger partial charge in [-0.25, -0.2) is 5.48 Å². The van der Waals surface area contributed by atoms with E-state index in [4.69, 9.17) is 5.21 Å². The Hall–Kier alpha value is -0.246. The summed E-state index contributed by atoms with van der Waals surface area (Å²) in [4.78, 5) is 10.7. The molecule has 1 aromatic carbocycles. The van der Waals surface area contributed by atoms with Gasteiger partial charge in [0.1, 0.15) is 0 Å². The van der Waals surface area contributed by atoms with Crippen molar-refractivity contribution in [1.29, 1.82) is 0 Å². The number of benzene rings is 1. The van der Waals surface area contributed by atoms with E-state index >= 15 is 0 Å². The van der Waals surface area contributed by atoms with Crippen LogP contribution < -0.4 is 5.48 Å². The van der Waals surface area contributed by atoms with E-state index in [1.54, 1.807) is 5.48 Å². The van der Waals surface area contributed by atoms with E-state index in [2.05, 4.69) is 19.1 Å². The maximum atomic E-state index is 10.7. The topological polar surface area (TPSA) is 49.3 Å². The van der Waals surface area contributed by atoms with Crippen LogP contribution in [0.1, 0.15) is 45.7 Å². The fraction of sp³-hybridized carbons (Fsp3) is 0.467. The third-order valence-corrected chi connectivity index (χ3v) is 2.20. The molecule has 0 spiro atoms. The smallest absolute Gasteiger partial charge is 0.243 e. The minimum absolute atomic E-state index is 0. The number of hydroxylamine groups is 1. The third kappa shape index (κ3) is 12.5. The minimum Gasteiger partial charge on any atom is -0.358 e. The van der Waals surface area contributed by atoms with Crippen molar-refractivity contribution < 1.29 is 42.7 Å². The average molecular weight is 343 g/mol. The summed E-state index contributed by atoms with van der Waals surface area (Å²) < 4.78 is 0. The molecule has 0 aromatic heterocycles. The molecule has 0 saturated carbocycles. The first kappa shape index (κ1) is 27.2. The number of carbonyl (C=O) groups is 1. The Morgan fingerprint density at radius 3 is 1.95 bits per heavy atom. The maximum absolute atomic E-state index is 10.7. The molecule has 0 bridgehead atoms. The Balaban J connectivity index is -0.000000214. The van der Waals surface area contributed by atoms with Crippen molar-refractivity contribution in [1.82, 2.24) is 5.48 Å². The number of hydrogen-bond acceptors (Lipinski definition) is 2. The largest absolute Gasteiger partial charge is 0.358 e. The number of hydrogen-bond donors (Lipinski definition) is 2. The molecular formula is C15H28NO2Y-. The van der Waals surface area contributed by atoms with E-state index in [-0.39, 0.29) is 53.5 Å². The van der Waals surface area contributed by atoms with Crippen molar-refractivity contribution in [2.24, 2.45) is 0 Å². The van der Waals surface area contributed by atoms with E-state index in [0.717, 1.165) is 12.0 Å². The summed E-state index contributed by atoms with van der Waals surface area (Å²) in [7, 11) is 0. The molecule has 1 radical (unpaired) electrons. The van der Waals surface area contributed by atoms with Crippen LogP contribution in [-0.4, -0.2) is 11.1 Å². The van der Waals surface area contributed by atoms with Crippen molar-refractivity contribution >= 4 is 5.91 Å². The van der Waals surface area contributed by atoms with Crippen LogP contribution in [-0.2, 0) is 50.3 Å². The summed E-state index contributed by atoms with van der Waals surface area (Å²) in [5, 5.41) is 8.30. The first-order chi connectivity index (χ1) is 7.76. The molecule has 19 heavy (non-hydrogen) atoms. The minimum atomic E-state index is -0.343. The molecular weight excluding hydrogens is 315 g/mol. The summed E-state index contributed by atoms with van der Waals surface area (Å²) >= 11 is 0. The van der Waals surface area contributed by atoms with Crippen LogP contribution in [0.5, 0.6) is 0 Å². The van der Waals surface area contributed by atoms with E-state index in [9.17, 15) is 4.79 Å². The second-order valence-electron chi connectivity index (χ2n) is 3.21. The second kappa shape index (κ2) is 17.8. The zero-order chi connectivity index (χ0) is 12.4. The Kier molecular flexibility index (Phi) is 25.4. The molecule has 0 atom stereocenters.